The molecule has 18 heavy (non-hydrogen) atoms. The smallest absolute Gasteiger partial charge is 0.354 e. The Morgan fingerprint density at radius 1 is 1.50 bits per heavy atom. The number of aryl methyl sites for hydroxylation is 1. The fourth-order valence-electron chi connectivity index (χ4n) is 1.35. The Balaban J connectivity index is 1.90. The van der Waals surface area contributed by atoms with Gasteiger partial charge in [0.1, 0.15) is 6.33 Å². The van der Waals surface area contributed by atoms with Crippen LogP contribution in [-0.4, -0.2) is 42.4 Å². The molecule has 2 heterocycles. The van der Waals surface area contributed by atoms with Gasteiger partial charge in [0.15, 0.2) is 11.5 Å². The van der Waals surface area contributed by atoms with Crippen LogP contribution in [0.25, 0.3) is 0 Å². The second kappa shape index (κ2) is 5.21. The van der Waals surface area contributed by atoms with Gasteiger partial charge in [-0.3, -0.25) is 4.68 Å². The molecule has 0 aliphatic carbocycles. The highest BCUT2D eigenvalue weighted by Crippen LogP contribution is 2.00. The van der Waals surface area contributed by atoms with Crippen molar-refractivity contribution in [1.82, 2.24) is 24.7 Å². The molecule has 0 bridgehead atoms. The van der Waals surface area contributed by atoms with Gasteiger partial charge in [-0.2, -0.15) is 5.10 Å². The normalized spacial score (nSPS) is 10.3. The summed E-state index contributed by atoms with van der Waals surface area (Å²) in [6, 6.07) is 1.34. The third kappa shape index (κ3) is 3.00. The highest BCUT2D eigenvalue weighted by molar-refractivity contribution is 5.85. The third-order valence-electron chi connectivity index (χ3n) is 2.15. The number of hydrogen-bond donors (Lipinski definition) is 2. The predicted molar refractivity (Wildman–Crippen MR) is 62.2 cm³/mol. The summed E-state index contributed by atoms with van der Waals surface area (Å²) >= 11 is 0. The van der Waals surface area contributed by atoms with E-state index in [2.05, 4.69) is 25.4 Å². The highest BCUT2D eigenvalue weighted by Gasteiger charge is 2.06. The van der Waals surface area contributed by atoms with Crippen molar-refractivity contribution in [3.8, 4) is 0 Å². The standard InChI is InChI=1S/C10H12N6O2/c1-16-6-13-8(15-16)3-5-12-10-11-4-2-7(14-10)9(17)18/h2,4,6H,3,5H2,1H3,(H,17,18)(H,11,12,14). The second-order valence-electron chi connectivity index (χ2n) is 3.58. The first-order valence-corrected chi connectivity index (χ1v) is 5.30. The second-order valence-corrected chi connectivity index (χ2v) is 3.58. The summed E-state index contributed by atoms with van der Waals surface area (Å²) in [5, 5.41) is 15.8. The minimum atomic E-state index is -1.08. The number of carboxylic acids is 1. The lowest BCUT2D eigenvalue weighted by Crippen LogP contribution is -2.11. The first-order chi connectivity index (χ1) is 8.65. The SMILES string of the molecule is Cn1cnc(CCNc2nccc(C(=O)O)n2)n1. The zero-order chi connectivity index (χ0) is 13.0. The van der Waals surface area contributed by atoms with Crippen molar-refractivity contribution in [1.29, 1.82) is 0 Å². The zero-order valence-corrected chi connectivity index (χ0v) is 9.74. The Morgan fingerprint density at radius 3 is 3.00 bits per heavy atom. The van der Waals surface area contributed by atoms with Gasteiger partial charge in [-0.05, 0) is 6.07 Å². The number of anilines is 1. The van der Waals surface area contributed by atoms with Gasteiger partial charge in [0.25, 0.3) is 0 Å². The summed E-state index contributed by atoms with van der Waals surface area (Å²) in [6.07, 6.45) is 3.64. The fraction of sp³-hybridized carbons (Fsp3) is 0.300. The van der Waals surface area contributed by atoms with E-state index in [1.165, 1.54) is 12.3 Å². The van der Waals surface area contributed by atoms with Crippen LogP contribution in [0.3, 0.4) is 0 Å². The summed E-state index contributed by atoms with van der Waals surface area (Å²) in [5.74, 6) is -0.0861. The minimum absolute atomic E-state index is 0.0385. The van der Waals surface area contributed by atoms with E-state index in [0.29, 0.717) is 18.8 Å². The van der Waals surface area contributed by atoms with Crippen molar-refractivity contribution >= 4 is 11.9 Å². The number of aromatic nitrogens is 5. The van der Waals surface area contributed by atoms with E-state index in [1.807, 2.05) is 0 Å². The number of carboxylic acid groups (broad SMARTS) is 1. The average molecular weight is 248 g/mol. The summed E-state index contributed by atoms with van der Waals surface area (Å²) in [7, 11) is 1.80. The van der Waals surface area contributed by atoms with Gasteiger partial charge in [0.05, 0.1) is 0 Å². The molecule has 2 aromatic heterocycles. The average Bonchev–Trinajstić information content (AvgIpc) is 2.75. The molecule has 0 fully saturated rings. The molecule has 2 aromatic rings. The molecule has 0 amide bonds. The van der Waals surface area contributed by atoms with Crippen LogP contribution in [0.4, 0.5) is 5.95 Å². The van der Waals surface area contributed by atoms with E-state index < -0.39 is 5.97 Å². The molecule has 0 unspecified atom stereocenters. The van der Waals surface area contributed by atoms with Gasteiger partial charge in [0.2, 0.25) is 5.95 Å². The van der Waals surface area contributed by atoms with Crippen LogP contribution in [-0.2, 0) is 13.5 Å². The fourth-order valence-corrected chi connectivity index (χ4v) is 1.35. The predicted octanol–water partition coefficient (Wildman–Crippen LogP) is -0.0421. The molecule has 8 nitrogen and oxygen atoms in total. The largest absolute Gasteiger partial charge is 0.477 e. The first-order valence-electron chi connectivity index (χ1n) is 5.30. The Labute approximate surface area is 103 Å². The zero-order valence-electron chi connectivity index (χ0n) is 9.74. The lowest BCUT2D eigenvalue weighted by Gasteiger charge is -2.03. The number of nitrogens with one attached hydrogen (secondary N) is 1. The lowest BCUT2D eigenvalue weighted by molar-refractivity contribution is 0.0690. The van der Waals surface area contributed by atoms with Gasteiger partial charge >= 0.3 is 5.97 Å². The van der Waals surface area contributed by atoms with E-state index in [4.69, 9.17) is 5.11 Å². The third-order valence-corrected chi connectivity index (χ3v) is 2.15. The molecular formula is C10H12N6O2. The number of rotatable bonds is 5. The van der Waals surface area contributed by atoms with Crippen LogP contribution >= 0.6 is 0 Å². The molecule has 0 aliphatic rings. The summed E-state index contributed by atoms with van der Waals surface area (Å²) in [6.45, 7) is 0.535. The summed E-state index contributed by atoms with van der Waals surface area (Å²) in [5.41, 5.74) is -0.0385. The number of nitrogens with zero attached hydrogens (tertiary/aromatic N) is 5. The van der Waals surface area contributed by atoms with Gasteiger partial charge < -0.3 is 10.4 Å². The molecule has 0 aromatic carbocycles. The summed E-state index contributed by atoms with van der Waals surface area (Å²) in [4.78, 5) is 22.5. The van der Waals surface area contributed by atoms with E-state index >= 15 is 0 Å². The summed E-state index contributed by atoms with van der Waals surface area (Å²) < 4.78 is 1.62. The van der Waals surface area contributed by atoms with Gasteiger partial charge in [-0.15, -0.1) is 0 Å². The molecule has 94 valence electrons. The van der Waals surface area contributed by atoms with Crippen molar-refractivity contribution in [3.05, 3.63) is 30.1 Å². The van der Waals surface area contributed by atoms with Gasteiger partial charge in [-0.25, -0.2) is 19.7 Å². The topological polar surface area (TPSA) is 106 Å². The quantitative estimate of drug-likeness (QED) is 0.764. The Bertz CT molecular complexity index is 553. The first kappa shape index (κ1) is 12.0. The maximum atomic E-state index is 10.7. The molecule has 2 N–H and O–H groups in total. The van der Waals surface area contributed by atoms with Crippen molar-refractivity contribution in [2.75, 3.05) is 11.9 Å². The van der Waals surface area contributed by atoms with E-state index in [1.54, 1.807) is 18.1 Å². The number of hydrogen-bond acceptors (Lipinski definition) is 6. The van der Waals surface area contributed by atoms with E-state index in [-0.39, 0.29) is 11.6 Å². The van der Waals surface area contributed by atoms with Gasteiger partial charge in [0, 0.05) is 26.2 Å². The maximum absolute atomic E-state index is 10.7. The molecule has 0 atom stereocenters. The van der Waals surface area contributed by atoms with Crippen LogP contribution in [0.15, 0.2) is 18.6 Å². The molecule has 0 spiro atoms. The van der Waals surface area contributed by atoms with Crippen LogP contribution in [0.5, 0.6) is 0 Å². The van der Waals surface area contributed by atoms with Crippen molar-refractivity contribution in [2.45, 2.75) is 6.42 Å². The molecule has 0 radical (unpaired) electrons. The Hall–Kier alpha value is -2.51. The Morgan fingerprint density at radius 2 is 2.33 bits per heavy atom. The van der Waals surface area contributed by atoms with Gasteiger partial charge in [-0.1, -0.05) is 0 Å². The number of carbonyl (C=O) groups is 1. The lowest BCUT2D eigenvalue weighted by atomic mass is 10.4. The molecule has 0 aliphatic heterocycles. The van der Waals surface area contributed by atoms with E-state index in [0.717, 1.165) is 0 Å². The van der Waals surface area contributed by atoms with Crippen molar-refractivity contribution in [3.63, 3.8) is 0 Å². The number of aromatic carboxylic acids is 1. The molecule has 2 rings (SSSR count). The molecular weight excluding hydrogens is 236 g/mol. The van der Waals surface area contributed by atoms with Crippen LogP contribution in [0.2, 0.25) is 0 Å². The van der Waals surface area contributed by atoms with Crippen LogP contribution in [0, 0.1) is 0 Å². The maximum Gasteiger partial charge on any atom is 0.354 e. The molecule has 8 heteroatoms. The highest BCUT2D eigenvalue weighted by atomic mass is 16.4. The molecule has 0 saturated carbocycles. The monoisotopic (exact) mass is 248 g/mol. The van der Waals surface area contributed by atoms with Crippen LogP contribution in [0.1, 0.15) is 16.3 Å². The van der Waals surface area contributed by atoms with Crippen molar-refractivity contribution < 1.29 is 9.90 Å². The van der Waals surface area contributed by atoms with Crippen LogP contribution < -0.4 is 5.32 Å². The molecule has 0 saturated heterocycles. The minimum Gasteiger partial charge on any atom is -0.477 e. The van der Waals surface area contributed by atoms with Crippen molar-refractivity contribution in [2.24, 2.45) is 7.05 Å². The van der Waals surface area contributed by atoms with E-state index in [9.17, 15) is 4.79 Å². The Kier molecular flexibility index (Phi) is 3.46.